The van der Waals surface area contributed by atoms with Crippen LogP contribution in [0, 0.1) is 6.92 Å². The Morgan fingerprint density at radius 1 is 1.17 bits per heavy atom. The maximum Gasteiger partial charge on any atom is 0.236 e. The van der Waals surface area contributed by atoms with Gasteiger partial charge >= 0.3 is 0 Å². The van der Waals surface area contributed by atoms with Crippen LogP contribution in [-0.2, 0) is 0 Å². The molecule has 0 atom stereocenters. The third-order valence-corrected chi connectivity index (χ3v) is 1.39. The minimum absolute atomic E-state index is 0.701. The molecule has 0 unspecified atom stereocenters. The molecule has 0 aliphatic carbocycles. The lowest BCUT2D eigenvalue weighted by Crippen LogP contribution is -1.94. The first kappa shape index (κ1) is 8.64. The Morgan fingerprint density at radius 3 is 2.58 bits per heavy atom. The number of hydrogen-bond acceptors (Lipinski definition) is 3. The van der Waals surface area contributed by atoms with Crippen molar-refractivity contribution in [2.24, 2.45) is 0 Å². The molecule has 2 aromatic heterocycles. The summed E-state index contributed by atoms with van der Waals surface area (Å²) in [7, 11) is 0. The van der Waals surface area contributed by atoms with E-state index in [4.69, 9.17) is 0 Å². The predicted octanol–water partition coefficient (Wildman–Crippen LogP) is 1.46. The van der Waals surface area contributed by atoms with Crippen LogP contribution in [0.5, 0.6) is 0 Å². The summed E-state index contributed by atoms with van der Waals surface area (Å²) in [4.78, 5) is 11.9. The van der Waals surface area contributed by atoms with Crippen molar-refractivity contribution in [2.75, 3.05) is 0 Å². The van der Waals surface area contributed by atoms with Gasteiger partial charge in [0.2, 0.25) is 5.78 Å². The number of rotatable bonds is 0. The molecule has 0 radical (unpaired) electrons. The monoisotopic (exact) mass is 164 g/mol. The van der Waals surface area contributed by atoms with Gasteiger partial charge < -0.3 is 0 Å². The molecule has 0 amide bonds. The van der Waals surface area contributed by atoms with Crippen LogP contribution in [0.4, 0.5) is 0 Å². The molecular weight excluding hydrogens is 152 g/mol. The molecule has 2 heterocycles. The highest BCUT2D eigenvalue weighted by atomic mass is 15.1. The topological polar surface area (TPSA) is 43.1 Å². The lowest BCUT2D eigenvalue weighted by Gasteiger charge is -1.93. The number of fused-ring (bicyclic) bond motifs is 1. The van der Waals surface area contributed by atoms with Crippen LogP contribution in [0.15, 0.2) is 18.7 Å². The van der Waals surface area contributed by atoms with Crippen molar-refractivity contribution in [1.82, 2.24) is 19.4 Å². The summed E-state index contributed by atoms with van der Waals surface area (Å²) in [5.41, 5.74) is 0. The van der Waals surface area contributed by atoms with E-state index in [2.05, 4.69) is 15.0 Å². The fourth-order valence-electron chi connectivity index (χ4n) is 0.870. The van der Waals surface area contributed by atoms with Crippen LogP contribution in [0.1, 0.15) is 19.7 Å². The predicted molar refractivity (Wildman–Crippen MR) is 46.9 cm³/mol. The van der Waals surface area contributed by atoms with Crippen LogP contribution < -0.4 is 0 Å². The van der Waals surface area contributed by atoms with Crippen molar-refractivity contribution in [3.63, 3.8) is 0 Å². The third kappa shape index (κ3) is 1.42. The highest BCUT2D eigenvalue weighted by Gasteiger charge is 1.94. The van der Waals surface area contributed by atoms with E-state index in [0.717, 1.165) is 5.82 Å². The first-order valence-corrected chi connectivity index (χ1v) is 3.98. The van der Waals surface area contributed by atoms with E-state index in [1.54, 1.807) is 6.20 Å². The van der Waals surface area contributed by atoms with Gasteiger partial charge in [0.1, 0.15) is 12.2 Å². The smallest absolute Gasteiger partial charge is 0.236 e. The van der Waals surface area contributed by atoms with Gasteiger partial charge in [0, 0.05) is 12.4 Å². The molecule has 2 rings (SSSR count). The van der Waals surface area contributed by atoms with E-state index >= 15 is 0 Å². The summed E-state index contributed by atoms with van der Waals surface area (Å²) < 4.78 is 1.83. The quantitative estimate of drug-likeness (QED) is 0.592. The summed E-state index contributed by atoms with van der Waals surface area (Å²) in [5.74, 6) is 1.61. The first-order chi connectivity index (χ1) is 5.88. The van der Waals surface area contributed by atoms with E-state index in [1.807, 2.05) is 31.4 Å². The number of imidazole rings is 1. The molecule has 0 saturated carbocycles. The number of hydrogen-bond donors (Lipinski definition) is 0. The van der Waals surface area contributed by atoms with Gasteiger partial charge in [-0.1, -0.05) is 13.8 Å². The SMILES string of the molecule is CC.Cc1ncnc2nccn12. The normalized spacial score (nSPS) is 9.25. The van der Waals surface area contributed by atoms with Crippen LogP contribution in [0.2, 0.25) is 0 Å². The van der Waals surface area contributed by atoms with E-state index in [0.29, 0.717) is 5.78 Å². The summed E-state index contributed by atoms with van der Waals surface area (Å²) >= 11 is 0. The van der Waals surface area contributed by atoms with Crippen LogP contribution in [0.3, 0.4) is 0 Å². The lowest BCUT2D eigenvalue weighted by molar-refractivity contribution is 0.936. The Kier molecular flexibility index (Phi) is 2.74. The summed E-state index contributed by atoms with van der Waals surface area (Å²) in [6.07, 6.45) is 5.05. The van der Waals surface area contributed by atoms with Crippen LogP contribution in [0.25, 0.3) is 5.78 Å². The van der Waals surface area contributed by atoms with E-state index < -0.39 is 0 Å². The van der Waals surface area contributed by atoms with Gasteiger partial charge in [-0.3, -0.25) is 4.40 Å². The summed E-state index contributed by atoms with van der Waals surface area (Å²) in [5, 5.41) is 0. The van der Waals surface area contributed by atoms with Gasteiger partial charge in [-0.05, 0) is 6.92 Å². The number of aromatic nitrogens is 4. The van der Waals surface area contributed by atoms with E-state index in [-0.39, 0.29) is 0 Å². The fraction of sp³-hybridized carbons (Fsp3) is 0.375. The molecule has 4 nitrogen and oxygen atoms in total. The molecule has 64 valence electrons. The minimum Gasteiger partial charge on any atom is -0.272 e. The third-order valence-electron chi connectivity index (χ3n) is 1.39. The molecule has 0 aliphatic heterocycles. The molecule has 0 fully saturated rings. The van der Waals surface area contributed by atoms with Crippen molar-refractivity contribution in [2.45, 2.75) is 20.8 Å². The Labute approximate surface area is 71.3 Å². The number of nitrogens with zero attached hydrogens (tertiary/aromatic N) is 4. The molecule has 0 aliphatic rings. The lowest BCUT2D eigenvalue weighted by atomic mass is 10.7. The molecule has 0 bridgehead atoms. The maximum atomic E-state index is 3.99. The van der Waals surface area contributed by atoms with E-state index in [9.17, 15) is 0 Å². The Bertz CT molecular complexity index is 353. The zero-order valence-electron chi connectivity index (χ0n) is 7.52. The molecule has 4 heteroatoms. The molecule has 12 heavy (non-hydrogen) atoms. The molecule has 0 saturated heterocycles. The average Bonchev–Trinajstić information content (AvgIpc) is 2.57. The van der Waals surface area contributed by atoms with Gasteiger partial charge in [-0.15, -0.1) is 0 Å². The van der Waals surface area contributed by atoms with Gasteiger partial charge in [0.25, 0.3) is 0 Å². The van der Waals surface area contributed by atoms with Crippen LogP contribution in [-0.4, -0.2) is 19.4 Å². The van der Waals surface area contributed by atoms with Crippen molar-refractivity contribution >= 4 is 5.78 Å². The largest absolute Gasteiger partial charge is 0.272 e. The highest BCUT2D eigenvalue weighted by Crippen LogP contribution is 1.95. The second kappa shape index (κ2) is 3.80. The second-order valence-corrected chi connectivity index (χ2v) is 2.02. The fourth-order valence-corrected chi connectivity index (χ4v) is 0.870. The van der Waals surface area contributed by atoms with Gasteiger partial charge in [-0.25, -0.2) is 15.0 Å². The molecule has 0 aromatic carbocycles. The molecule has 0 spiro atoms. The first-order valence-electron chi connectivity index (χ1n) is 3.98. The minimum atomic E-state index is 0.701. The van der Waals surface area contributed by atoms with Crippen LogP contribution >= 0.6 is 0 Å². The zero-order chi connectivity index (χ0) is 8.97. The molecule has 0 N–H and O–H groups in total. The molecule has 2 aromatic rings. The Morgan fingerprint density at radius 2 is 1.92 bits per heavy atom. The van der Waals surface area contributed by atoms with E-state index in [1.165, 1.54) is 6.33 Å². The average molecular weight is 164 g/mol. The Balaban J connectivity index is 0.000000336. The second-order valence-electron chi connectivity index (χ2n) is 2.02. The Hall–Kier alpha value is -1.45. The summed E-state index contributed by atoms with van der Waals surface area (Å²) in [6.45, 7) is 5.91. The molecular formula is C8H12N4. The van der Waals surface area contributed by atoms with Crippen molar-refractivity contribution < 1.29 is 0 Å². The number of aryl methyl sites for hydroxylation is 1. The summed E-state index contributed by atoms with van der Waals surface area (Å²) in [6, 6.07) is 0. The standard InChI is InChI=1S/C6H6N4.C2H6/c1-5-8-4-9-6-7-2-3-10(5)6;1-2/h2-4H,1H3;1-2H3. The zero-order valence-corrected chi connectivity index (χ0v) is 7.52. The van der Waals surface area contributed by atoms with Crippen molar-refractivity contribution in [3.05, 3.63) is 24.5 Å². The van der Waals surface area contributed by atoms with Gasteiger partial charge in [0.05, 0.1) is 0 Å². The maximum absolute atomic E-state index is 3.99. The van der Waals surface area contributed by atoms with Crippen molar-refractivity contribution in [3.8, 4) is 0 Å². The highest BCUT2D eigenvalue weighted by molar-refractivity contribution is 5.26. The van der Waals surface area contributed by atoms with Gasteiger partial charge in [-0.2, -0.15) is 0 Å². The van der Waals surface area contributed by atoms with Gasteiger partial charge in [0.15, 0.2) is 0 Å². The van der Waals surface area contributed by atoms with Crippen molar-refractivity contribution in [1.29, 1.82) is 0 Å².